The predicted molar refractivity (Wildman–Crippen MR) is 126 cm³/mol. The number of nitrogens with zero attached hydrogens (tertiary/aromatic N) is 2. The van der Waals surface area contributed by atoms with E-state index in [9.17, 15) is 9.59 Å². The first-order valence-electron chi connectivity index (χ1n) is 11.8. The van der Waals surface area contributed by atoms with Gasteiger partial charge in [-0.3, -0.25) is 9.59 Å². The lowest BCUT2D eigenvalue weighted by Gasteiger charge is -2.36. The van der Waals surface area contributed by atoms with Gasteiger partial charge in [0, 0.05) is 25.0 Å². The molecular weight excluding hydrogens is 492 g/mol. The Balaban J connectivity index is 1.51. The molecule has 2 aromatic rings. The van der Waals surface area contributed by atoms with E-state index in [1.807, 2.05) is 0 Å². The molecule has 1 aromatic carbocycles. The monoisotopic (exact) mass is 518 g/mol. The fourth-order valence-corrected chi connectivity index (χ4v) is 5.21. The van der Waals surface area contributed by atoms with Gasteiger partial charge in [-0.2, -0.15) is 0 Å². The number of rotatable bonds is 6. The molecule has 0 bridgehead atoms. The lowest BCUT2D eigenvalue weighted by atomic mass is 9.75. The number of Topliss-reactive ketones (excluding diaryl/α,β-unsaturated/α-hetero) is 1. The maximum Gasteiger partial charge on any atom is 0.249 e. The van der Waals surface area contributed by atoms with Gasteiger partial charge in [-0.1, -0.05) is 18.5 Å². The minimum absolute atomic E-state index is 0.106. The second kappa shape index (κ2) is 9.49. The summed E-state index contributed by atoms with van der Waals surface area (Å²) in [6.07, 6.45) is 3.44. The van der Waals surface area contributed by atoms with Gasteiger partial charge in [-0.05, 0) is 32.3 Å². The highest BCUT2D eigenvalue weighted by Gasteiger charge is 2.60. The Morgan fingerprint density at radius 2 is 2.00 bits per heavy atom. The summed E-state index contributed by atoms with van der Waals surface area (Å²) in [5.74, 6) is -0.201. The van der Waals surface area contributed by atoms with Crippen molar-refractivity contribution in [1.29, 1.82) is 0 Å². The molecule has 2 aliphatic heterocycles. The normalized spacial score (nSPS) is 26.4. The van der Waals surface area contributed by atoms with E-state index in [2.05, 4.69) is 10.2 Å². The lowest BCUT2D eigenvalue weighted by molar-refractivity contribution is -0.190. The third-order valence-electron chi connectivity index (χ3n) is 6.82. The van der Waals surface area contributed by atoms with Crippen LogP contribution in [0.5, 0.6) is 11.5 Å². The number of aromatic nitrogens is 2. The van der Waals surface area contributed by atoms with Gasteiger partial charge in [0.2, 0.25) is 23.2 Å². The van der Waals surface area contributed by atoms with Crippen LogP contribution in [0.25, 0.3) is 11.5 Å². The number of ether oxygens (including phenoxy) is 5. The summed E-state index contributed by atoms with van der Waals surface area (Å²) in [6.45, 7) is 4.22. The zero-order chi connectivity index (χ0) is 25.6. The smallest absolute Gasteiger partial charge is 0.249 e. The molecule has 36 heavy (non-hydrogen) atoms. The summed E-state index contributed by atoms with van der Waals surface area (Å²) in [4.78, 5) is 25.9. The maximum atomic E-state index is 13.7. The molecule has 192 valence electrons. The Kier molecular flexibility index (Phi) is 6.52. The van der Waals surface area contributed by atoms with Crippen molar-refractivity contribution in [3.8, 4) is 23.0 Å². The van der Waals surface area contributed by atoms with E-state index in [0.29, 0.717) is 12.2 Å². The van der Waals surface area contributed by atoms with Gasteiger partial charge in [-0.25, -0.2) is 0 Å². The number of carbonyl (C=O) groups excluding carboxylic acids is 2. The number of methoxy groups -OCH3 is 2. The van der Waals surface area contributed by atoms with E-state index in [0.717, 1.165) is 19.3 Å². The second-order valence-corrected chi connectivity index (χ2v) is 9.49. The quantitative estimate of drug-likeness (QED) is 0.542. The average molecular weight is 519 g/mol. The molecule has 0 N–H and O–H groups in total. The largest absolute Gasteiger partial charge is 0.496 e. The molecule has 4 atom stereocenters. The molecule has 0 saturated carbocycles. The van der Waals surface area contributed by atoms with Gasteiger partial charge in [-0.15, -0.1) is 10.2 Å². The Bertz CT molecular complexity index is 1230. The standard InChI is InChI=1S/C25H27ClN2O8/c1-12-9-14(29)10-17(32-4)25(12)22(30)19-16(31-3)11-15(20(26)21(19)36-25)24-28-27-23(35-24)13(2)34-18-7-5-6-8-33-18/h10-13,18H,5-9H2,1-4H3/t12-,13+,18?,25+/m1/s1. The fourth-order valence-electron chi connectivity index (χ4n) is 4.94. The number of allylic oxidation sites excluding steroid dienone is 1. The van der Waals surface area contributed by atoms with Gasteiger partial charge in [0.1, 0.15) is 17.4 Å². The van der Waals surface area contributed by atoms with Crippen LogP contribution in [0.15, 0.2) is 22.3 Å². The Morgan fingerprint density at radius 3 is 2.69 bits per heavy atom. The SMILES string of the molecule is COC1=CC(=O)C[C@@H](C)[C@]12Oc1c(Cl)c(-c3nnc([C@H](C)OC4CCCCO4)o3)cc(OC)c1C2=O. The highest BCUT2D eigenvalue weighted by atomic mass is 35.5. The van der Waals surface area contributed by atoms with Gasteiger partial charge >= 0.3 is 0 Å². The molecule has 1 fully saturated rings. The van der Waals surface area contributed by atoms with Crippen LogP contribution in [0.3, 0.4) is 0 Å². The van der Waals surface area contributed by atoms with Gasteiger partial charge in [0.05, 0.1) is 24.8 Å². The Labute approximate surface area is 212 Å². The second-order valence-electron chi connectivity index (χ2n) is 9.12. The number of hydrogen-bond donors (Lipinski definition) is 0. The number of benzene rings is 1. The van der Waals surface area contributed by atoms with Crippen LogP contribution in [-0.2, 0) is 19.0 Å². The number of hydrogen-bond acceptors (Lipinski definition) is 10. The molecule has 1 spiro atoms. The van der Waals surface area contributed by atoms with Crippen molar-refractivity contribution < 1.29 is 37.7 Å². The molecule has 1 saturated heterocycles. The Morgan fingerprint density at radius 1 is 1.19 bits per heavy atom. The first kappa shape index (κ1) is 24.7. The van der Waals surface area contributed by atoms with E-state index in [1.54, 1.807) is 19.9 Å². The van der Waals surface area contributed by atoms with Crippen LogP contribution < -0.4 is 9.47 Å². The highest BCUT2D eigenvalue weighted by molar-refractivity contribution is 6.36. The van der Waals surface area contributed by atoms with Crippen LogP contribution in [0, 0.1) is 5.92 Å². The van der Waals surface area contributed by atoms with E-state index in [4.69, 9.17) is 39.7 Å². The summed E-state index contributed by atoms with van der Waals surface area (Å²) in [7, 11) is 2.83. The molecule has 0 amide bonds. The van der Waals surface area contributed by atoms with Crippen LogP contribution >= 0.6 is 11.6 Å². The summed E-state index contributed by atoms with van der Waals surface area (Å²) in [5.41, 5.74) is -1.02. The first-order chi connectivity index (χ1) is 17.3. The topological polar surface area (TPSA) is 119 Å². The van der Waals surface area contributed by atoms with Crippen LogP contribution in [0.4, 0.5) is 0 Å². The maximum absolute atomic E-state index is 13.7. The number of ketones is 2. The third kappa shape index (κ3) is 3.88. The van der Waals surface area contributed by atoms with E-state index in [1.165, 1.54) is 20.3 Å². The van der Waals surface area contributed by atoms with E-state index >= 15 is 0 Å². The van der Waals surface area contributed by atoms with Crippen molar-refractivity contribution in [1.82, 2.24) is 10.2 Å². The average Bonchev–Trinajstić information content (AvgIpc) is 3.47. The van der Waals surface area contributed by atoms with E-state index < -0.39 is 23.4 Å². The number of fused-ring (bicyclic) bond motifs is 1. The molecule has 3 aliphatic rings. The van der Waals surface area contributed by atoms with Crippen molar-refractivity contribution in [2.45, 2.75) is 57.5 Å². The van der Waals surface area contributed by atoms with Crippen molar-refractivity contribution in [2.24, 2.45) is 5.92 Å². The third-order valence-corrected chi connectivity index (χ3v) is 7.20. The molecular formula is C25H27ClN2O8. The lowest BCUT2D eigenvalue weighted by Crippen LogP contribution is -2.51. The van der Waals surface area contributed by atoms with Crippen molar-refractivity contribution >= 4 is 23.2 Å². The summed E-state index contributed by atoms with van der Waals surface area (Å²) >= 11 is 6.76. The summed E-state index contributed by atoms with van der Waals surface area (Å²) in [6, 6.07) is 1.56. The van der Waals surface area contributed by atoms with Crippen molar-refractivity contribution in [3.63, 3.8) is 0 Å². The summed E-state index contributed by atoms with van der Waals surface area (Å²) < 4.78 is 34.7. The van der Waals surface area contributed by atoms with E-state index in [-0.39, 0.29) is 58.1 Å². The summed E-state index contributed by atoms with van der Waals surface area (Å²) in [5, 5.41) is 8.37. The molecule has 1 aliphatic carbocycles. The molecule has 10 nitrogen and oxygen atoms in total. The van der Waals surface area contributed by atoms with Gasteiger partial charge in [0.25, 0.3) is 0 Å². The molecule has 1 unspecified atom stereocenters. The van der Waals surface area contributed by atoms with Gasteiger partial charge in [0.15, 0.2) is 23.6 Å². The molecule has 11 heteroatoms. The van der Waals surface area contributed by atoms with Crippen LogP contribution in [-0.4, -0.2) is 54.5 Å². The minimum atomic E-state index is -1.52. The van der Waals surface area contributed by atoms with Crippen molar-refractivity contribution in [2.75, 3.05) is 20.8 Å². The Hall–Kier alpha value is -2.95. The minimum Gasteiger partial charge on any atom is -0.496 e. The zero-order valence-corrected chi connectivity index (χ0v) is 21.2. The number of halogens is 1. The zero-order valence-electron chi connectivity index (χ0n) is 20.5. The predicted octanol–water partition coefficient (Wildman–Crippen LogP) is 4.46. The molecule has 3 heterocycles. The first-order valence-corrected chi connectivity index (χ1v) is 12.2. The van der Waals surface area contributed by atoms with Crippen LogP contribution in [0.2, 0.25) is 5.02 Å². The highest BCUT2D eigenvalue weighted by Crippen LogP contribution is 2.54. The number of carbonyl (C=O) groups is 2. The molecule has 1 aromatic heterocycles. The van der Waals surface area contributed by atoms with Crippen LogP contribution in [0.1, 0.15) is 61.9 Å². The van der Waals surface area contributed by atoms with Gasteiger partial charge < -0.3 is 28.1 Å². The fraction of sp³-hybridized carbons (Fsp3) is 0.520. The molecule has 0 radical (unpaired) electrons. The molecule has 5 rings (SSSR count). The van der Waals surface area contributed by atoms with Crippen molar-refractivity contribution in [3.05, 3.63) is 34.4 Å².